The molecule has 0 radical (unpaired) electrons. The predicted molar refractivity (Wildman–Crippen MR) is 101 cm³/mol. The Morgan fingerprint density at radius 3 is 2.15 bits per heavy atom. The highest BCUT2D eigenvalue weighted by atomic mass is 16.2. The number of hydrogen-bond acceptors (Lipinski definition) is 4. The summed E-state index contributed by atoms with van der Waals surface area (Å²) in [5.41, 5.74) is 4.08. The van der Waals surface area contributed by atoms with Gasteiger partial charge in [0.15, 0.2) is 5.92 Å². The fraction of sp³-hybridized carbons (Fsp3) is 0.238. The van der Waals surface area contributed by atoms with E-state index in [2.05, 4.69) is 5.32 Å². The molecule has 0 aromatic heterocycles. The van der Waals surface area contributed by atoms with Crippen molar-refractivity contribution < 1.29 is 19.2 Å². The molecule has 6 nitrogen and oxygen atoms in total. The van der Waals surface area contributed by atoms with Crippen molar-refractivity contribution in [3.8, 4) is 0 Å². The fourth-order valence-electron chi connectivity index (χ4n) is 3.07. The van der Waals surface area contributed by atoms with E-state index in [1.165, 1.54) is 0 Å². The van der Waals surface area contributed by atoms with Crippen molar-refractivity contribution in [2.24, 2.45) is 5.92 Å². The molecule has 1 N–H and O–H groups in total. The van der Waals surface area contributed by atoms with Gasteiger partial charge in [0.1, 0.15) is 0 Å². The van der Waals surface area contributed by atoms with E-state index in [1.54, 1.807) is 32.0 Å². The Labute approximate surface area is 157 Å². The predicted octanol–water partition coefficient (Wildman–Crippen LogP) is 2.62. The molecule has 3 rings (SSSR count). The molecule has 0 unspecified atom stereocenters. The smallest absolute Gasteiger partial charge is 0.302 e. The van der Waals surface area contributed by atoms with Crippen molar-refractivity contribution in [3.05, 3.63) is 58.7 Å². The zero-order valence-corrected chi connectivity index (χ0v) is 15.6. The number of carbonyl (C=O) groups excluding carboxylic acids is 4. The number of benzene rings is 2. The van der Waals surface area contributed by atoms with Gasteiger partial charge in [-0.2, -0.15) is 0 Å². The van der Waals surface area contributed by atoms with Crippen LogP contribution in [0.3, 0.4) is 0 Å². The van der Waals surface area contributed by atoms with Crippen molar-refractivity contribution in [1.29, 1.82) is 0 Å². The van der Waals surface area contributed by atoms with E-state index in [1.807, 2.05) is 32.0 Å². The summed E-state index contributed by atoms with van der Waals surface area (Å²) in [5.74, 6) is -5.27. The van der Waals surface area contributed by atoms with Crippen LogP contribution in [0.5, 0.6) is 0 Å². The van der Waals surface area contributed by atoms with E-state index in [0.29, 0.717) is 16.9 Å². The van der Waals surface area contributed by atoms with Crippen LogP contribution in [0.15, 0.2) is 36.4 Å². The largest absolute Gasteiger partial charge is 0.325 e. The minimum Gasteiger partial charge on any atom is -0.325 e. The van der Waals surface area contributed by atoms with Crippen LogP contribution < -0.4 is 10.2 Å². The maximum atomic E-state index is 12.8. The van der Waals surface area contributed by atoms with Crippen molar-refractivity contribution in [2.45, 2.75) is 27.7 Å². The van der Waals surface area contributed by atoms with Gasteiger partial charge >= 0.3 is 5.91 Å². The Balaban J connectivity index is 1.93. The van der Waals surface area contributed by atoms with Gasteiger partial charge in [0, 0.05) is 5.69 Å². The van der Waals surface area contributed by atoms with Gasteiger partial charge in [-0.1, -0.05) is 24.3 Å². The zero-order valence-electron chi connectivity index (χ0n) is 15.6. The minimum atomic E-state index is -1.67. The topological polar surface area (TPSA) is 83.6 Å². The number of Topliss-reactive ketones (excluding diaryl/α,β-unsaturated/α-hetero) is 1. The van der Waals surface area contributed by atoms with Crippen LogP contribution in [0.2, 0.25) is 0 Å². The van der Waals surface area contributed by atoms with Gasteiger partial charge in [-0.3, -0.25) is 19.2 Å². The van der Waals surface area contributed by atoms with E-state index in [9.17, 15) is 19.2 Å². The second-order valence-electron chi connectivity index (χ2n) is 6.87. The van der Waals surface area contributed by atoms with Gasteiger partial charge in [-0.05, 0) is 62.1 Å². The third-order valence-corrected chi connectivity index (χ3v) is 4.66. The standard InChI is InChI=1S/C21H20N2O4/c1-11-5-7-13(3)15(9-11)22-19(25)17-18(24)21(27)23(20(17)26)16-10-12(2)6-8-14(16)4/h5-10,17H,1-4H3,(H,22,25)/t17-/m0/s1. The Morgan fingerprint density at radius 1 is 0.889 bits per heavy atom. The molecule has 0 aliphatic carbocycles. The summed E-state index contributed by atoms with van der Waals surface area (Å²) in [4.78, 5) is 51.1. The molecule has 6 heteroatoms. The fourth-order valence-corrected chi connectivity index (χ4v) is 3.07. The quantitative estimate of drug-likeness (QED) is 0.515. The average Bonchev–Trinajstić information content (AvgIpc) is 2.83. The first kappa shape index (κ1) is 18.5. The zero-order chi connectivity index (χ0) is 19.9. The summed E-state index contributed by atoms with van der Waals surface area (Å²) < 4.78 is 0. The van der Waals surface area contributed by atoms with Crippen LogP contribution in [0.4, 0.5) is 11.4 Å². The van der Waals surface area contributed by atoms with Crippen molar-refractivity contribution >= 4 is 34.9 Å². The summed E-state index contributed by atoms with van der Waals surface area (Å²) >= 11 is 0. The molecule has 1 aliphatic rings. The van der Waals surface area contributed by atoms with Crippen LogP contribution in [0.1, 0.15) is 22.3 Å². The lowest BCUT2D eigenvalue weighted by molar-refractivity contribution is -0.139. The number of nitrogens with zero attached hydrogens (tertiary/aromatic N) is 1. The Hall–Kier alpha value is -3.28. The second-order valence-corrected chi connectivity index (χ2v) is 6.87. The summed E-state index contributed by atoms with van der Waals surface area (Å²) in [7, 11) is 0. The SMILES string of the molecule is Cc1ccc(C)c(NC(=O)[C@@H]2C(=O)C(=O)N(c3cc(C)ccc3C)C2=O)c1. The number of carbonyl (C=O) groups is 4. The lowest BCUT2D eigenvalue weighted by atomic mass is 10.0. The molecule has 1 saturated heterocycles. The molecule has 2 aromatic carbocycles. The Morgan fingerprint density at radius 2 is 1.48 bits per heavy atom. The molecule has 1 atom stereocenters. The number of rotatable bonds is 3. The second kappa shape index (κ2) is 6.79. The highest BCUT2D eigenvalue weighted by Crippen LogP contribution is 2.29. The molecular weight excluding hydrogens is 344 g/mol. The van der Waals surface area contributed by atoms with Gasteiger partial charge in [0.05, 0.1) is 5.69 Å². The molecule has 27 heavy (non-hydrogen) atoms. The molecule has 1 heterocycles. The molecule has 3 amide bonds. The van der Waals surface area contributed by atoms with Crippen molar-refractivity contribution in [1.82, 2.24) is 0 Å². The van der Waals surface area contributed by atoms with Gasteiger partial charge < -0.3 is 5.32 Å². The van der Waals surface area contributed by atoms with E-state index in [0.717, 1.165) is 21.6 Å². The third kappa shape index (κ3) is 3.26. The first-order valence-electron chi connectivity index (χ1n) is 8.58. The van der Waals surface area contributed by atoms with Crippen LogP contribution in [0.25, 0.3) is 0 Å². The van der Waals surface area contributed by atoms with Crippen LogP contribution >= 0.6 is 0 Å². The molecule has 0 saturated carbocycles. The van der Waals surface area contributed by atoms with Crippen molar-refractivity contribution in [3.63, 3.8) is 0 Å². The summed E-state index contributed by atoms with van der Waals surface area (Å²) in [5, 5.41) is 2.61. The average molecular weight is 364 g/mol. The maximum absolute atomic E-state index is 12.8. The van der Waals surface area contributed by atoms with Crippen LogP contribution in [-0.4, -0.2) is 23.5 Å². The van der Waals surface area contributed by atoms with Gasteiger partial charge in [-0.25, -0.2) is 4.90 Å². The maximum Gasteiger partial charge on any atom is 0.302 e. The van der Waals surface area contributed by atoms with Gasteiger partial charge in [-0.15, -0.1) is 0 Å². The number of amides is 3. The molecule has 138 valence electrons. The van der Waals surface area contributed by atoms with E-state index in [4.69, 9.17) is 0 Å². The van der Waals surface area contributed by atoms with Gasteiger partial charge in [0.25, 0.3) is 5.91 Å². The molecule has 0 spiro atoms. The first-order chi connectivity index (χ1) is 12.7. The molecular formula is C21H20N2O4. The van der Waals surface area contributed by atoms with Crippen LogP contribution in [-0.2, 0) is 19.2 Å². The third-order valence-electron chi connectivity index (χ3n) is 4.66. The highest BCUT2D eigenvalue weighted by molar-refractivity contribution is 6.60. The number of imide groups is 1. The molecule has 0 bridgehead atoms. The summed E-state index contributed by atoms with van der Waals surface area (Å²) in [6.07, 6.45) is 0. The monoisotopic (exact) mass is 364 g/mol. The lowest BCUT2D eigenvalue weighted by Crippen LogP contribution is -2.35. The van der Waals surface area contributed by atoms with Crippen LogP contribution in [0, 0.1) is 33.6 Å². The first-order valence-corrected chi connectivity index (χ1v) is 8.58. The van der Waals surface area contributed by atoms with E-state index < -0.39 is 29.4 Å². The lowest BCUT2D eigenvalue weighted by Gasteiger charge is -2.17. The Bertz CT molecular complexity index is 994. The molecule has 1 aliphatic heterocycles. The number of ketones is 1. The van der Waals surface area contributed by atoms with E-state index in [-0.39, 0.29) is 0 Å². The molecule has 2 aromatic rings. The summed E-state index contributed by atoms with van der Waals surface area (Å²) in [6.45, 7) is 7.23. The number of aryl methyl sites for hydroxylation is 4. The highest BCUT2D eigenvalue weighted by Gasteiger charge is 2.51. The minimum absolute atomic E-state index is 0.334. The number of hydrogen-bond donors (Lipinski definition) is 1. The Kier molecular flexibility index (Phi) is 4.66. The molecule has 1 fully saturated rings. The van der Waals surface area contributed by atoms with Gasteiger partial charge in [0.2, 0.25) is 11.7 Å². The van der Waals surface area contributed by atoms with E-state index >= 15 is 0 Å². The normalized spacial score (nSPS) is 16.8. The van der Waals surface area contributed by atoms with Crippen molar-refractivity contribution in [2.75, 3.05) is 10.2 Å². The number of anilines is 2. The summed E-state index contributed by atoms with van der Waals surface area (Å²) in [6, 6.07) is 10.7. The number of nitrogens with one attached hydrogen (secondary N) is 1.